The molecule has 3 aromatic rings. The largest absolute Gasteiger partial charge is 0.502 e. The van der Waals surface area contributed by atoms with Crippen LogP contribution < -0.4 is 15.8 Å². The number of aromatic nitrogens is 1. The second-order valence-electron chi connectivity index (χ2n) is 8.88. The highest BCUT2D eigenvalue weighted by Crippen LogP contribution is 2.24. The van der Waals surface area contributed by atoms with Gasteiger partial charge in [-0.25, -0.2) is 8.78 Å². The zero-order valence-electron chi connectivity index (χ0n) is 19.7. The monoisotopic (exact) mass is 514 g/mol. The van der Waals surface area contributed by atoms with Gasteiger partial charge in [-0.15, -0.1) is 0 Å². The molecule has 1 atom stereocenters. The lowest BCUT2D eigenvalue weighted by molar-refractivity contribution is 0.0453. The van der Waals surface area contributed by atoms with Crippen LogP contribution in [0.1, 0.15) is 45.0 Å². The summed E-state index contributed by atoms with van der Waals surface area (Å²) in [5.41, 5.74) is -1.78. The van der Waals surface area contributed by atoms with Gasteiger partial charge >= 0.3 is 0 Å². The molecule has 2 aliphatic heterocycles. The first-order valence-electron chi connectivity index (χ1n) is 11.7. The Morgan fingerprint density at radius 2 is 2.05 bits per heavy atom. The van der Waals surface area contributed by atoms with E-state index in [2.05, 4.69) is 5.32 Å². The number of pyridine rings is 1. The van der Waals surface area contributed by atoms with Crippen LogP contribution in [0.2, 0.25) is 0 Å². The number of fused-ring (bicyclic) bond motifs is 1. The molecule has 1 aromatic carbocycles. The van der Waals surface area contributed by atoms with Crippen molar-refractivity contribution < 1.29 is 32.6 Å². The number of nitrogens with zero attached hydrogens (tertiary/aromatic N) is 3. The number of hydrogen-bond acceptors (Lipinski definition) is 7. The molecule has 4 heterocycles. The van der Waals surface area contributed by atoms with E-state index in [1.54, 1.807) is 17.1 Å². The second-order valence-corrected chi connectivity index (χ2v) is 8.88. The summed E-state index contributed by atoms with van der Waals surface area (Å²) in [5, 5.41) is 14.8. The minimum absolute atomic E-state index is 0.0106. The number of amides is 2. The van der Waals surface area contributed by atoms with E-state index in [1.807, 2.05) is 0 Å². The average molecular weight is 514 g/mol. The third kappa shape index (κ3) is 4.92. The number of halogens is 2. The molecule has 2 N–H and O–H groups in total. The zero-order valence-corrected chi connectivity index (χ0v) is 19.7. The van der Waals surface area contributed by atoms with E-state index >= 15 is 0 Å². The van der Waals surface area contributed by atoms with Crippen molar-refractivity contribution in [3.63, 3.8) is 0 Å². The van der Waals surface area contributed by atoms with E-state index < -0.39 is 40.2 Å². The summed E-state index contributed by atoms with van der Waals surface area (Å²) in [4.78, 5) is 40.6. The van der Waals surface area contributed by atoms with E-state index in [0.29, 0.717) is 18.4 Å². The van der Waals surface area contributed by atoms with Crippen LogP contribution in [-0.2, 0) is 17.8 Å². The Hall–Kier alpha value is -4.19. The number of nitrogens with one attached hydrogen (secondary N) is 1. The van der Waals surface area contributed by atoms with Gasteiger partial charge in [-0.05, 0) is 31.0 Å². The molecule has 0 radical (unpaired) electrons. The van der Waals surface area contributed by atoms with Crippen LogP contribution in [0.4, 0.5) is 8.78 Å². The maximum atomic E-state index is 14.0. The molecule has 10 nitrogen and oxygen atoms in total. The highest BCUT2D eigenvalue weighted by Gasteiger charge is 2.36. The fourth-order valence-corrected chi connectivity index (χ4v) is 4.47. The summed E-state index contributed by atoms with van der Waals surface area (Å²) in [6.45, 7) is 0.796. The first kappa shape index (κ1) is 24.5. The van der Waals surface area contributed by atoms with Crippen LogP contribution >= 0.6 is 0 Å². The summed E-state index contributed by atoms with van der Waals surface area (Å²) < 4.78 is 39.5. The Labute approximate surface area is 209 Å². The van der Waals surface area contributed by atoms with Gasteiger partial charge in [0.2, 0.25) is 5.43 Å². The molecule has 5 rings (SSSR count). The highest BCUT2D eigenvalue weighted by molar-refractivity contribution is 5.99. The molecule has 2 aliphatic rings. The number of carbonyl (C=O) groups excluding carboxylic acids is 2. The van der Waals surface area contributed by atoms with Crippen LogP contribution in [0.5, 0.6) is 5.75 Å². The number of furan rings is 1. The molecule has 0 saturated carbocycles. The van der Waals surface area contributed by atoms with Gasteiger partial charge in [0.25, 0.3) is 11.8 Å². The number of carbonyl (C=O) groups is 2. The molecule has 2 amide bonds. The second kappa shape index (κ2) is 10.1. The molecule has 12 heteroatoms. The quantitative estimate of drug-likeness (QED) is 0.496. The molecule has 0 unspecified atom stereocenters. The van der Waals surface area contributed by atoms with Crippen molar-refractivity contribution in [2.45, 2.75) is 32.0 Å². The Balaban J connectivity index is 1.47. The maximum absolute atomic E-state index is 14.0. The maximum Gasteiger partial charge on any atom is 0.277 e. The Kier molecular flexibility index (Phi) is 6.66. The number of hydrogen-bond donors (Lipinski definition) is 2. The molecule has 0 spiro atoms. The Bertz CT molecular complexity index is 1380. The lowest BCUT2D eigenvalue weighted by Crippen LogP contribution is -2.55. The minimum atomic E-state index is -1.05. The van der Waals surface area contributed by atoms with Crippen LogP contribution in [0, 0.1) is 11.6 Å². The number of benzene rings is 1. The first-order chi connectivity index (χ1) is 17.8. The fourth-order valence-electron chi connectivity index (χ4n) is 4.47. The van der Waals surface area contributed by atoms with Gasteiger partial charge in [-0.3, -0.25) is 24.1 Å². The highest BCUT2D eigenvalue weighted by atomic mass is 19.1. The van der Waals surface area contributed by atoms with Gasteiger partial charge in [0.05, 0.1) is 18.9 Å². The van der Waals surface area contributed by atoms with Gasteiger partial charge in [0.15, 0.2) is 11.4 Å². The molecule has 0 aliphatic carbocycles. The first-order valence-corrected chi connectivity index (χ1v) is 11.7. The van der Waals surface area contributed by atoms with E-state index in [0.717, 1.165) is 25.1 Å². The summed E-state index contributed by atoms with van der Waals surface area (Å²) in [6, 6.07) is 6.33. The summed E-state index contributed by atoms with van der Waals surface area (Å²) in [7, 11) is 0. The van der Waals surface area contributed by atoms with Crippen LogP contribution in [0.15, 0.2) is 52.0 Å². The molecule has 2 aromatic heterocycles. The van der Waals surface area contributed by atoms with Crippen molar-refractivity contribution in [2.75, 3.05) is 24.8 Å². The normalized spacial score (nSPS) is 17.2. The van der Waals surface area contributed by atoms with Gasteiger partial charge in [0.1, 0.15) is 29.6 Å². The average Bonchev–Trinajstić information content (AvgIpc) is 3.57. The van der Waals surface area contributed by atoms with Crippen molar-refractivity contribution in [3.8, 4) is 5.75 Å². The van der Waals surface area contributed by atoms with Gasteiger partial charge < -0.3 is 24.5 Å². The topological polar surface area (TPSA) is 117 Å². The molecule has 0 bridgehead atoms. The Morgan fingerprint density at radius 1 is 1.22 bits per heavy atom. The van der Waals surface area contributed by atoms with Crippen LogP contribution in [-0.4, -0.2) is 52.4 Å². The lowest BCUT2D eigenvalue weighted by Gasteiger charge is -2.40. The number of rotatable bonds is 7. The lowest BCUT2D eigenvalue weighted by atomic mass is 10.1. The molecule has 37 heavy (non-hydrogen) atoms. The van der Waals surface area contributed by atoms with Crippen LogP contribution in [0.25, 0.3) is 0 Å². The summed E-state index contributed by atoms with van der Waals surface area (Å²) in [5.74, 6) is -3.43. The van der Waals surface area contributed by atoms with E-state index in [1.165, 1.54) is 21.9 Å². The van der Waals surface area contributed by atoms with Crippen molar-refractivity contribution in [1.82, 2.24) is 14.9 Å². The smallest absolute Gasteiger partial charge is 0.277 e. The molecular formula is C25H24F2N4O6. The fraction of sp³-hybridized carbons (Fsp3) is 0.320. The predicted octanol–water partition coefficient (Wildman–Crippen LogP) is 2.09. The zero-order chi connectivity index (χ0) is 26.1. The molecule has 194 valence electrons. The number of ether oxygens (including phenoxy) is 1. The molecule has 1 fully saturated rings. The van der Waals surface area contributed by atoms with Gasteiger partial charge in [-0.1, -0.05) is 6.07 Å². The standard InChI is InChI=1S/C25H24F2N4O6/c26-16-6-5-15(20(27)9-16)10-28-24(34)19-13-31-21(23(33)22(19)32)25(35)29(11-17-3-1-7-36-17)14-30(31)12-18-4-2-8-37-18/h2,4-6,8-9,13,17,33H,1,3,7,10-12,14H2,(H,28,34)/t17-/m0/s1. The third-order valence-corrected chi connectivity index (χ3v) is 6.36. The van der Waals surface area contributed by atoms with Crippen molar-refractivity contribution in [3.05, 3.63) is 87.2 Å². The van der Waals surface area contributed by atoms with E-state index in [-0.39, 0.29) is 43.7 Å². The van der Waals surface area contributed by atoms with E-state index in [9.17, 15) is 28.3 Å². The summed E-state index contributed by atoms with van der Waals surface area (Å²) in [6.07, 6.45) is 4.16. The molecular weight excluding hydrogens is 490 g/mol. The van der Waals surface area contributed by atoms with Crippen LogP contribution in [0.3, 0.4) is 0 Å². The van der Waals surface area contributed by atoms with Gasteiger partial charge in [0, 0.05) is 37.5 Å². The van der Waals surface area contributed by atoms with Gasteiger partial charge in [-0.2, -0.15) is 0 Å². The number of aromatic hydroxyl groups is 1. The predicted molar refractivity (Wildman–Crippen MR) is 125 cm³/mol. The molecule has 1 saturated heterocycles. The Morgan fingerprint density at radius 3 is 2.76 bits per heavy atom. The minimum Gasteiger partial charge on any atom is -0.502 e. The van der Waals surface area contributed by atoms with Crippen molar-refractivity contribution >= 4 is 11.8 Å². The summed E-state index contributed by atoms with van der Waals surface area (Å²) >= 11 is 0. The van der Waals surface area contributed by atoms with Crippen molar-refractivity contribution in [2.24, 2.45) is 0 Å². The third-order valence-electron chi connectivity index (χ3n) is 6.36. The van der Waals surface area contributed by atoms with Crippen molar-refractivity contribution in [1.29, 1.82) is 0 Å². The SMILES string of the molecule is O=C(NCc1ccc(F)cc1F)c1cn2c(c(O)c1=O)C(=O)N(C[C@@H]1CCCO1)CN2Cc1ccco1. The van der Waals surface area contributed by atoms with E-state index in [4.69, 9.17) is 9.15 Å².